The minimum absolute atomic E-state index is 0.00376. The number of Topliss-reactive ketones (excluding diaryl/α,β-unsaturated/α-hetero) is 2. The Morgan fingerprint density at radius 1 is 0.740 bits per heavy atom. The number of rotatable bonds is 19. The Bertz CT molecular complexity index is 1600. The summed E-state index contributed by atoms with van der Waals surface area (Å²) < 4.78 is 21.0. The monoisotopic (exact) mass is 687 g/mol. The summed E-state index contributed by atoms with van der Waals surface area (Å²) in [7, 11) is 4.74. The van der Waals surface area contributed by atoms with Crippen molar-refractivity contribution in [2.45, 2.75) is 38.5 Å². The average molecular weight is 688 g/mol. The first-order valence-electron chi connectivity index (χ1n) is 16.6. The van der Waals surface area contributed by atoms with E-state index in [1.54, 1.807) is 50.4 Å². The minimum atomic E-state index is -0.677. The molecule has 0 bridgehead atoms. The SMILES string of the molecule is CNC(=O)CN(CCOC(C)=O)c1ccc(NC(=O)OCC2c3cc(C(=O)CCCOC)ccc3-c3ccc(C(=O)CCCOC)cc32)cc1. The van der Waals surface area contributed by atoms with Gasteiger partial charge in [0.15, 0.2) is 11.6 Å². The zero-order valence-corrected chi connectivity index (χ0v) is 29.0. The Balaban J connectivity index is 1.50. The molecular weight excluding hydrogens is 642 g/mol. The molecule has 0 aromatic heterocycles. The van der Waals surface area contributed by atoms with Gasteiger partial charge in [0.1, 0.15) is 13.2 Å². The molecule has 0 fully saturated rings. The molecule has 12 heteroatoms. The zero-order valence-electron chi connectivity index (χ0n) is 29.0. The normalized spacial score (nSPS) is 11.7. The average Bonchev–Trinajstić information content (AvgIpc) is 3.42. The van der Waals surface area contributed by atoms with Gasteiger partial charge in [0.25, 0.3) is 0 Å². The molecule has 1 aliphatic carbocycles. The molecule has 0 radical (unpaired) electrons. The van der Waals surface area contributed by atoms with Crippen molar-refractivity contribution >= 4 is 40.9 Å². The Hall–Kier alpha value is -5.07. The highest BCUT2D eigenvalue weighted by molar-refractivity contribution is 5.99. The molecule has 4 rings (SSSR count). The fraction of sp³-hybridized carbons (Fsp3) is 0.395. The van der Waals surface area contributed by atoms with Gasteiger partial charge in [-0.25, -0.2) is 4.79 Å². The second-order valence-electron chi connectivity index (χ2n) is 11.9. The predicted molar refractivity (Wildman–Crippen MR) is 189 cm³/mol. The number of ketones is 2. The molecule has 0 saturated heterocycles. The number of carbonyl (C=O) groups is 5. The maximum atomic E-state index is 13.1. The lowest BCUT2D eigenvalue weighted by Crippen LogP contribution is -2.37. The van der Waals surface area contributed by atoms with Gasteiger partial charge in [0, 0.05) is 82.7 Å². The summed E-state index contributed by atoms with van der Waals surface area (Å²) in [4.78, 5) is 64.1. The third-order valence-corrected chi connectivity index (χ3v) is 8.43. The van der Waals surface area contributed by atoms with Crippen LogP contribution < -0.4 is 15.5 Å². The van der Waals surface area contributed by atoms with Gasteiger partial charge in [-0.2, -0.15) is 0 Å². The fourth-order valence-electron chi connectivity index (χ4n) is 5.85. The molecule has 266 valence electrons. The summed E-state index contributed by atoms with van der Waals surface area (Å²) in [6.45, 7) is 2.73. The molecule has 2 amide bonds. The van der Waals surface area contributed by atoms with Crippen molar-refractivity contribution in [2.24, 2.45) is 0 Å². The first-order chi connectivity index (χ1) is 24.1. The number of anilines is 2. The summed E-state index contributed by atoms with van der Waals surface area (Å²) in [6.07, 6.45) is 1.23. The standard InChI is InChI=1S/C38H45N3O9/c1-25(42)49-20-17-41(23-37(45)39-2)29-13-11-28(12-14-29)40-38(46)50-24-34-32-21-26(35(43)7-5-18-47-3)9-15-30(32)31-16-10-27(22-33(31)34)36(44)8-6-19-48-4/h9-16,21-22,34H,5-8,17-20,23-24H2,1-4H3,(H,39,45)(H,40,46). The van der Waals surface area contributed by atoms with Crippen molar-refractivity contribution in [1.82, 2.24) is 5.32 Å². The lowest BCUT2D eigenvalue weighted by atomic mass is 9.93. The maximum absolute atomic E-state index is 13.1. The van der Waals surface area contributed by atoms with E-state index in [1.165, 1.54) is 6.92 Å². The summed E-state index contributed by atoms with van der Waals surface area (Å²) in [5.41, 5.74) is 5.84. The molecule has 0 unspecified atom stereocenters. The van der Waals surface area contributed by atoms with Gasteiger partial charge in [-0.15, -0.1) is 0 Å². The summed E-state index contributed by atoms with van der Waals surface area (Å²) >= 11 is 0. The number of benzene rings is 3. The van der Waals surface area contributed by atoms with Crippen molar-refractivity contribution in [2.75, 3.05) is 71.0 Å². The van der Waals surface area contributed by atoms with Gasteiger partial charge >= 0.3 is 12.1 Å². The Morgan fingerprint density at radius 3 is 1.80 bits per heavy atom. The van der Waals surface area contributed by atoms with Crippen LogP contribution in [0.15, 0.2) is 60.7 Å². The van der Waals surface area contributed by atoms with Crippen LogP contribution in [0.3, 0.4) is 0 Å². The molecule has 2 N–H and O–H groups in total. The number of hydrogen-bond donors (Lipinski definition) is 2. The van der Waals surface area contributed by atoms with Crippen LogP contribution >= 0.6 is 0 Å². The largest absolute Gasteiger partial charge is 0.464 e. The van der Waals surface area contributed by atoms with E-state index in [2.05, 4.69) is 10.6 Å². The molecule has 0 aliphatic heterocycles. The number of methoxy groups -OCH3 is 2. The molecule has 12 nitrogen and oxygen atoms in total. The Morgan fingerprint density at radius 2 is 1.30 bits per heavy atom. The van der Waals surface area contributed by atoms with E-state index in [0.717, 1.165) is 22.3 Å². The van der Waals surface area contributed by atoms with Gasteiger partial charge < -0.3 is 29.2 Å². The van der Waals surface area contributed by atoms with Gasteiger partial charge in [-0.05, 0) is 71.5 Å². The number of carbonyl (C=O) groups excluding carboxylic acids is 5. The highest BCUT2D eigenvalue weighted by atomic mass is 16.5. The van der Waals surface area contributed by atoms with Gasteiger partial charge in [-0.3, -0.25) is 24.5 Å². The highest BCUT2D eigenvalue weighted by Crippen LogP contribution is 2.46. The van der Waals surface area contributed by atoms with Crippen LogP contribution in [-0.4, -0.2) is 90.3 Å². The van der Waals surface area contributed by atoms with Crippen molar-refractivity contribution in [1.29, 1.82) is 0 Å². The summed E-state index contributed by atoms with van der Waals surface area (Å²) in [5.74, 6) is -1.03. The fourth-order valence-corrected chi connectivity index (χ4v) is 5.85. The lowest BCUT2D eigenvalue weighted by Gasteiger charge is -2.24. The molecule has 3 aromatic rings. The molecule has 0 spiro atoms. The van der Waals surface area contributed by atoms with Crippen LogP contribution in [0.4, 0.5) is 16.2 Å². The second kappa shape index (κ2) is 18.6. The van der Waals surface area contributed by atoms with E-state index in [0.29, 0.717) is 67.9 Å². The quantitative estimate of drug-likeness (QED) is 0.0956. The van der Waals surface area contributed by atoms with Crippen molar-refractivity contribution < 1.29 is 42.9 Å². The number of nitrogens with zero attached hydrogens (tertiary/aromatic N) is 1. The van der Waals surface area contributed by atoms with Gasteiger partial charge in [-0.1, -0.05) is 24.3 Å². The molecule has 50 heavy (non-hydrogen) atoms. The number of amides is 2. The number of likely N-dealkylation sites (N-methyl/N-ethyl adjacent to an activating group) is 1. The van der Waals surface area contributed by atoms with Crippen LogP contribution in [0.1, 0.15) is 70.4 Å². The Labute approximate surface area is 292 Å². The number of nitrogens with one attached hydrogen (secondary N) is 2. The summed E-state index contributed by atoms with van der Waals surface area (Å²) in [6, 6.07) is 18.0. The molecule has 0 heterocycles. The van der Waals surface area contributed by atoms with Crippen LogP contribution in [-0.2, 0) is 28.5 Å². The third-order valence-electron chi connectivity index (χ3n) is 8.43. The smallest absolute Gasteiger partial charge is 0.411 e. The molecule has 1 aliphatic rings. The van der Waals surface area contributed by atoms with Crippen molar-refractivity contribution in [3.05, 3.63) is 82.9 Å². The number of hydrogen-bond acceptors (Lipinski definition) is 10. The maximum Gasteiger partial charge on any atom is 0.411 e. The summed E-state index contributed by atoms with van der Waals surface area (Å²) in [5, 5.41) is 5.33. The van der Waals surface area contributed by atoms with Crippen LogP contribution in [0.5, 0.6) is 0 Å². The van der Waals surface area contributed by atoms with E-state index in [1.807, 2.05) is 36.4 Å². The molecule has 0 atom stereocenters. The van der Waals surface area contributed by atoms with E-state index >= 15 is 0 Å². The first kappa shape index (κ1) is 37.7. The minimum Gasteiger partial charge on any atom is -0.464 e. The zero-order chi connectivity index (χ0) is 36.0. The topological polar surface area (TPSA) is 150 Å². The van der Waals surface area contributed by atoms with E-state index in [9.17, 15) is 24.0 Å². The third kappa shape index (κ3) is 10.2. The predicted octanol–water partition coefficient (Wildman–Crippen LogP) is 5.38. The van der Waals surface area contributed by atoms with Crippen molar-refractivity contribution in [3.8, 4) is 11.1 Å². The van der Waals surface area contributed by atoms with Crippen LogP contribution in [0.2, 0.25) is 0 Å². The number of ether oxygens (including phenoxy) is 4. The van der Waals surface area contributed by atoms with E-state index < -0.39 is 18.0 Å². The van der Waals surface area contributed by atoms with Crippen LogP contribution in [0.25, 0.3) is 11.1 Å². The van der Waals surface area contributed by atoms with E-state index in [4.69, 9.17) is 18.9 Å². The van der Waals surface area contributed by atoms with Gasteiger partial charge in [0.2, 0.25) is 5.91 Å². The lowest BCUT2D eigenvalue weighted by molar-refractivity contribution is -0.140. The number of esters is 1. The molecule has 0 saturated carbocycles. The Kier molecular flexibility index (Phi) is 14.1. The first-order valence-corrected chi connectivity index (χ1v) is 16.6. The number of fused-ring (bicyclic) bond motifs is 3. The van der Waals surface area contributed by atoms with Crippen molar-refractivity contribution in [3.63, 3.8) is 0 Å². The molecule has 3 aromatic carbocycles. The van der Waals surface area contributed by atoms with Crippen LogP contribution in [0, 0.1) is 0 Å². The second-order valence-corrected chi connectivity index (χ2v) is 11.9. The highest BCUT2D eigenvalue weighted by Gasteiger charge is 2.31. The van der Waals surface area contributed by atoms with Gasteiger partial charge in [0.05, 0.1) is 13.1 Å². The van der Waals surface area contributed by atoms with E-state index in [-0.39, 0.29) is 37.2 Å². The molecular formula is C38H45N3O9.